The quantitative estimate of drug-likeness (QED) is 0.817. The first kappa shape index (κ1) is 11.8. The second-order valence-electron chi connectivity index (χ2n) is 5.33. The number of aliphatic hydroxyl groups is 1. The van der Waals surface area contributed by atoms with Gasteiger partial charge in [-0.25, -0.2) is 4.68 Å². The van der Waals surface area contributed by atoms with Crippen molar-refractivity contribution in [3.8, 4) is 0 Å². The molecule has 1 aromatic rings. The molecular weight excluding hydrogens is 230 g/mol. The fourth-order valence-electron chi connectivity index (χ4n) is 3.00. The van der Waals surface area contributed by atoms with Gasteiger partial charge in [-0.2, -0.15) is 4.98 Å². The van der Waals surface area contributed by atoms with E-state index in [0.717, 1.165) is 44.7 Å². The lowest BCUT2D eigenvalue weighted by Gasteiger charge is -2.27. The van der Waals surface area contributed by atoms with Crippen molar-refractivity contribution in [3.63, 3.8) is 0 Å². The lowest BCUT2D eigenvalue weighted by Crippen LogP contribution is -2.29. The molecule has 2 fully saturated rings. The van der Waals surface area contributed by atoms with Crippen molar-refractivity contribution in [2.45, 2.75) is 50.7 Å². The number of nitrogens with two attached hydrogens (primary N) is 1. The van der Waals surface area contributed by atoms with E-state index in [1.54, 1.807) is 4.68 Å². The van der Waals surface area contributed by atoms with Crippen molar-refractivity contribution in [2.24, 2.45) is 0 Å². The van der Waals surface area contributed by atoms with Gasteiger partial charge in [-0.05, 0) is 25.7 Å². The molecule has 18 heavy (non-hydrogen) atoms. The van der Waals surface area contributed by atoms with Crippen LogP contribution in [0.25, 0.3) is 0 Å². The van der Waals surface area contributed by atoms with E-state index in [4.69, 9.17) is 5.73 Å². The Morgan fingerprint density at radius 2 is 1.83 bits per heavy atom. The fraction of sp³-hybridized carbons (Fsp3) is 0.833. The van der Waals surface area contributed by atoms with Crippen LogP contribution in [0.15, 0.2) is 0 Å². The first-order valence-corrected chi connectivity index (χ1v) is 6.91. The van der Waals surface area contributed by atoms with E-state index in [1.165, 1.54) is 12.8 Å². The van der Waals surface area contributed by atoms with Crippen molar-refractivity contribution < 1.29 is 5.11 Å². The molecule has 100 valence electrons. The third-order valence-electron chi connectivity index (χ3n) is 4.04. The smallest absolute Gasteiger partial charge is 0.246 e. The molecule has 3 N–H and O–H groups in total. The Hall–Kier alpha value is -1.30. The molecular formula is C12H21N5O. The molecule has 1 saturated carbocycles. The van der Waals surface area contributed by atoms with E-state index in [-0.39, 0.29) is 12.1 Å². The zero-order valence-electron chi connectivity index (χ0n) is 10.6. The highest BCUT2D eigenvalue weighted by Gasteiger charge is 2.28. The predicted octanol–water partition coefficient (Wildman–Crippen LogP) is 0.936. The van der Waals surface area contributed by atoms with Gasteiger partial charge in [-0.1, -0.05) is 12.8 Å². The van der Waals surface area contributed by atoms with Crippen molar-refractivity contribution >= 4 is 11.9 Å². The minimum Gasteiger partial charge on any atom is -0.391 e. The molecule has 0 amide bonds. The SMILES string of the molecule is Nc1nc(N2CCCC2)nn1C1CCCCC1O. The second-order valence-corrected chi connectivity index (χ2v) is 5.33. The summed E-state index contributed by atoms with van der Waals surface area (Å²) in [7, 11) is 0. The first-order valence-electron chi connectivity index (χ1n) is 6.91. The summed E-state index contributed by atoms with van der Waals surface area (Å²) in [6, 6.07) is 0.00241. The molecule has 6 heteroatoms. The van der Waals surface area contributed by atoms with Gasteiger partial charge in [0.25, 0.3) is 0 Å². The second kappa shape index (κ2) is 4.76. The van der Waals surface area contributed by atoms with Crippen LogP contribution in [-0.2, 0) is 0 Å². The van der Waals surface area contributed by atoms with E-state index in [2.05, 4.69) is 15.0 Å². The molecule has 3 rings (SSSR count). The summed E-state index contributed by atoms with van der Waals surface area (Å²) in [4.78, 5) is 6.52. The molecule has 0 radical (unpaired) electrons. The number of aromatic nitrogens is 3. The van der Waals surface area contributed by atoms with Gasteiger partial charge in [0, 0.05) is 13.1 Å². The third-order valence-corrected chi connectivity index (χ3v) is 4.04. The van der Waals surface area contributed by atoms with Crippen molar-refractivity contribution in [2.75, 3.05) is 23.7 Å². The highest BCUT2D eigenvalue weighted by atomic mass is 16.3. The van der Waals surface area contributed by atoms with Gasteiger partial charge in [0.05, 0.1) is 12.1 Å². The van der Waals surface area contributed by atoms with Crippen LogP contribution in [0, 0.1) is 0 Å². The van der Waals surface area contributed by atoms with Crippen LogP contribution in [0.5, 0.6) is 0 Å². The number of nitrogens with zero attached hydrogens (tertiary/aromatic N) is 4. The summed E-state index contributed by atoms with van der Waals surface area (Å²) < 4.78 is 1.73. The molecule has 1 aliphatic heterocycles. The van der Waals surface area contributed by atoms with Crippen LogP contribution in [0.2, 0.25) is 0 Å². The Morgan fingerprint density at radius 1 is 1.11 bits per heavy atom. The topological polar surface area (TPSA) is 80.2 Å². The average molecular weight is 251 g/mol. The highest BCUT2D eigenvalue weighted by Crippen LogP contribution is 2.30. The van der Waals surface area contributed by atoms with E-state index in [1.807, 2.05) is 0 Å². The molecule has 1 aromatic heterocycles. The van der Waals surface area contributed by atoms with E-state index >= 15 is 0 Å². The van der Waals surface area contributed by atoms with Gasteiger partial charge in [-0.3, -0.25) is 0 Å². The average Bonchev–Trinajstić information content (AvgIpc) is 2.99. The van der Waals surface area contributed by atoms with Crippen LogP contribution in [0.1, 0.15) is 44.6 Å². The Morgan fingerprint density at radius 3 is 2.56 bits per heavy atom. The summed E-state index contributed by atoms with van der Waals surface area (Å²) in [5.74, 6) is 1.16. The van der Waals surface area contributed by atoms with E-state index < -0.39 is 0 Å². The van der Waals surface area contributed by atoms with Gasteiger partial charge >= 0.3 is 0 Å². The maximum absolute atomic E-state index is 10.1. The number of rotatable bonds is 2. The van der Waals surface area contributed by atoms with Crippen LogP contribution >= 0.6 is 0 Å². The van der Waals surface area contributed by atoms with Gasteiger partial charge < -0.3 is 15.7 Å². The minimum atomic E-state index is -0.339. The lowest BCUT2D eigenvalue weighted by molar-refractivity contribution is 0.0705. The zero-order valence-corrected chi connectivity index (χ0v) is 10.6. The van der Waals surface area contributed by atoms with Gasteiger partial charge in [0.15, 0.2) is 0 Å². The molecule has 2 aliphatic rings. The molecule has 0 spiro atoms. The largest absolute Gasteiger partial charge is 0.391 e. The zero-order chi connectivity index (χ0) is 12.5. The van der Waals surface area contributed by atoms with Crippen molar-refractivity contribution in [1.82, 2.24) is 14.8 Å². The minimum absolute atomic E-state index is 0.00241. The molecule has 0 aromatic carbocycles. The summed E-state index contributed by atoms with van der Waals surface area (Å²) in [6.45, 7) is 2.02. The van der Waals surface area contributed by atoms with E-state index in [9.17, 15) is 5.11 Å². The maximum atomic E-state index is 10.1. The fourth-order valence-corrected chi connectivity index (χ4v) is 3.00. The molecule has 2 heterocycles. The van der Waals surface area contributed by atoms with Gasteiger partial charge in [0.2, 0.25) is 11.9 Å². The first-order chi connectivity index (χ1) is 8.75. The molecule has 2 atom stereocenters. The maximum Gasteiger partial charge on any atom is 0.246 e. The summed E-state index contributed by atoms with van der Waals surface area (Å²) in [6.07, 6.45) is 6.04. The number of nitrogen functional groups attached to an aromatic ring is 1. The number of aliphatic hydroxyl groups excluding tert-OH is 1. The van der Waals surface area contributed by atoms with Gasteiger partial charge in [0.1, 0.15) is 0 Å². The lowest BCUT2D eigenvalue weighted by atomic mass is 9.93. The third kappa shape index (κ3) is 2.05. The Labute approximate surface area is 107 Å². The van der Waals surface area contributed by atoms with Gasteiger partial charge in [-0.15, -0.1) is 5.10 Å². The van der Waals surface area contributed by atoms with Crippen LogP contribution in [0.3, 0.4) is 0 Å². The van der Waals surface area contributed by atoms with Crippen LogP contribution < -0.4 is 10.6 Å². The van der Waals surface area contributed by atoms with Crippen LogP contribution in [0.4, 0.5) is 11.9 Å². The standard InChI is InChI=1S/C12H21N5O/c13-11-14-12(16-7-3-4-8-16)15-17(11)9-5-1-2-6-10(9)18/h9-10,18H,1-8H2,(H2,13,14,15). The molecule has 2 unspecified atom stereocenters. The Bertz CT molecular complexity index is 413. The normalized spacial score (nSPS) is 28.8. The summed E-state index contributed by atoms with van der Waals surface area (Å²) in [5.41, 5.74) is 5.95. The summed E-state index contributed by atoms with van der Waals surface area (Å²) in [5, 5.41) is 14.6. The van der Waals surface area contributed by atoms with Crippen molar-refractivity contribution in [1.29, 1.82) is 0 Å². The molecule has 6 nitrogen and oxygen atoms in total. The summed E-state index contributed by atoms with van der Waals surface area (Å²) >= 11 is 0. The molecule has 1 saturated heterocycles. The number of anilines is 2. The number of hydrogen-bond donors (Lipinski definition) is 2. The molecule has 1 aliphatic carbocycles. The monoisotopic (exact) mass is 251 g/mol. The van der Waals surface area contributed by atoms with Crippen LogP contribution in [-0.4, -0.2) is 39.1 Å². The number of hydrogen-bond acceptors (Lipinski definition) is 5. The highest BCUT2D eigenvalue weighted by molar-refractivity contribution is 5.36. The van der Waals surface area contributed by atoms with Crippen molar-refractivity contribution in [3.05, 3.63) is 0 Å². The Kier molecular flexibility index (Phi) is 3.11. The van der Waals surface area contributed by atoms with E-state index in [0.29, 0.717) is 5.95 Å². The molecule has 0 bridgehead atoms. The predicted molar refractivity (Wildman–Crippen MR) is 69.4 cm³/mol. The Balaban J connectivity index is 1.82.